The molecule has 0 spiro atoms. The molecule has 0 atom stereocenters. The van der Waals surface area contributed by atoms with Crippen molar-refractivity contribution in [3.05, 3.63) is 52.7 Å². The Kier molecular flexibility index (Phi) is 5.33. The van der Waals surface area contributed by atoms with Crippen LogP contribution in [0.3, 0.4) is 0 Å². The largest absolute Gasteiger partial charge is 0.416 e. The highest BCUT2D eigenvalue weighted by Crippen LogP contribution is 2.34. The molecular weight excluding hydrogens is 343 g/mol. The molecule has 0 bridgehead atoms. The lowest BCUT2D eigenvalue weighted by molar-refractivity contribution is -0.137. The third-order valence-electron chi connectivity index (χ3n) is 3.00. The summed E-state index contributed by atoms with van der Waals surface area (Å²) in [6.45, 7) is 3.83. The topological polar surface area (TPSA) is 54.0 Å². The molecule has 0 aliphatic rings. The zero-order valence-corrected chi connectivity index (χ0v) is 13.7. The molecule has 1 aromatic carbocycles. The van der Waals surface area contributed by atoms with Crippen LogP contribution in [0.15, 0.2) is 36.5 Å². The van der Waals surface area contributed by atoms with E-state index in [4.69, 9.17) is 11.6 Å². The van der Waals surface area contributed by atoms with Crippen molar-refractivity contribution in [1.29, 1.82) is 0 Å². The van der Waals surface area contributed by atoms with Gasteiger partial charge in [0.15, 0.2) is 0 Å². The Hall–Kier alpha value is -2.28. The van der Waals surface area contributed by atoms with Crippen LogP contribution >= 0.6 is 11.6 Å². The van der Waals surface area contributed by atoms with E-state index >= 15 is 0 Å². The first kappa shape index (κ1) is 18.1. The van der Waals surface area contributed by atoms with Gasteiger partial charge in [0, 0.05) is 17.8 Å². The molecule has 128 valence electrons. The number of nitrogens with zero attached hydrogens (tertiary/aromatic N) is 1. The van der Waals surface area contributed by atoms with Crippen LogP contribution in [0.2, 0.25) is 5.02 Å². The number of alkyl halides is 3. The van der Waals surface area contributed by atoms with Crippen LogP contribution < -0.4 is 10.6 Å². The first-order chi connectivity index (χ1) is 11.2. The predicted molar refractivity (Wildman–Crippen MR) is 87.4 cm³/mol. The standard InChI is InChI=1S/C16H15ClF3N3O/c1-9(2)22-14-7-10(5-6-21-14)15(24)23-13-8-11(16(18,19)20)3-4-12(13)17/h3-9H,1-2H3,(H,21,22)(H,23,24). The van der Waals surface area contributed by atoms with Crippen LogP contribution in [0.4, 0.5) is 24.7 Å². The second-order valence-electron chi connectivity index (χ2n) is 5.38. The van der Waals surface area contributed by atoms with Crippen molar-refractivity contribution in [2.24, 2.45) is 0 Å². The van der Waals surface area contributed by atoms with Crippen LogP contribution in [0.5, 0.6) is 0 Å². The number of rotatable bonds is 4. The molecule has 2 N–H and O–H groups in total. The number of halogens is 4. The lowest BCUT2D eigenvalue weighted by atomic mass is 10.1. The zero-order valence-electron chi connectivity index (χ0n) is 12.9. The van der Waals surface area contributed by atoms with E-state index in [0.29, 0.717) is 5.82 Å². The van der Waals surface area contributed by atoms with Gasteiger partial charge in [0.2, 0.25) is 0 Å². The number of carbonyl (C=O) groups excluding carboxylic acids is 1. The molecule has 1 aromatic heterocycles. The van der Waals surface area contributed by atoms with E-state index in [2.05, 4.69) is 15.6 Å². The molecule has 0 aliphatic heterocycles. The molecule has 1 heterocycles. The number of nitrogens with one attached hydrogen (secondary N) is 2. The molecule has 4 nitrogen and oxygen atoms in total. The van der Waals surface area contributed by atoms with Gasteiger partial charge >= 0.3 is 6.18 Å². The van der Waals surface area contributed by atoms with Gasteiger partial charge in [-0.15, -0.1) is 0 Å². The maximum Gasteiger partial charge on any atom is 0.416 e. The van der Waals surface area contributed by atoms with Crippen LogP contribution in [0, 0.1) is 0 Å². The first-order valence-electron chi connectivity index (χ1n) is 7.07. The number of aromatic nitrogens is 1. The molecule has 24 heavy (non-hydrogen) atoms. The normalized spacial score (nSPS) is 11.5. The van der Waals surface area contributed by atoms with Crippen molar-refractivity contribution in [3.8, 4) is 0 Å². The van der Waals surface area contributed by atoms with Crippen LogP contribution in [0.1, 0.15) is 29.8 Å². The van der Waals surface area contributed by atoms with E-state index in [9.17, 15) is 18.0 Å². The molecule has 2 aromatic rings. The van der Waals surface area contributed by atoms with Gasteiger partial charge in [-0.2, -0.15) is 13.2 Å². The average Bonchev–Trinajstić information content (AvgIpc) is 2.48. The van der Waals surface area contributed by atoms with E-state index in [1.807, 2.05) is 13.8 Å². The Morgan fingerprint density at radius 3 is 2.54 bits per heavy atom. The number of benzene rings is 1. The summed E-state index contributed by atoms with van der Waals surface area (Å²) in [6.07, 6.45) is -3.08. The number of carbonyl (C=O) groups is 1. The van der Waals surface area contributed by atoms with Crippen LogP contribution in [-0.2, 0) is 6.18 Å². The zero-order chi connectivity index (χ0) is 17.9. The fraction of sp³-hybridized carbons (Fsp3) is 0.250. The Morgan fingerprint density at radius 2 is 1.92 bits per heavy atom. The summed E-state index contributed by atoms with van der Waals surface area (Å²) in [6, 6.07) is 5.84. The Labute approximate surface area is 142 Å². The smallest absolute Gasteiger partial charge is 0.368 e. The summed E-state index contributed by atoms with van der Waals surface area (Å²) in [4.78, 5) is 16.3. The Bertz CT molecular complexity index is 748. The third kappa shape index (κ3) is 4.61. The van der Waals surface area contributed by atoms with E-state index in [0.717, 1.165) is 18.2 Å². The highest BCUT2D eigenvalue weighted by Gasteiger charge is 2.31. The average molecular weight is 358 g/mol. The third-order valence-corrected chi connectivity index (χ3v) is 3.33. The SMILES string of the molecule is CC(C)Nc1cc(C(=O)Nc2cc(C(F)(F)F)ccc2Cl)ccn1. The second-order valence-corrected chi connectivity index (χ2v) is 5.78. The number of amides is 1. The van der Waals surface area contributed by atoms with E-state index in [1.165, 1.54) is 18.3 Å². The van der Waals surface area contributed by atoms with Gasteiger partial charge in [-0.05, 0) is 44.2 Å². The minimum Gasteiger partial charge on any atom is -0.368 e. The fourth-order valence-corrected chi connectivity index (χ4v) is 2.10. The van der Waals surface area contributed by atoms with Crippen molar-refractivity contribution >= 4 is 29.0 Å². The van der Waals surface area contributed by atoms with Crippen molar-refractivity contribution in [1.82, 2.24) is 4.98 Å². The predicted octanol–water partition coefficient (Wildman–Crippen LogP) is 4.83. The number of anilines is 2. The van der Waals surface area contributed by atoms with Crippen molar-refractivity contribution in [2.75, 3.05) is 10.6 Å². The molecular formula is C16H15ClF3N3O. The highest BCUT2D eigenvalue weighted by atomic mass is 35.5. The number of hydrogen-bond donors (Lipinski definition) is 2. The number of hydrogen-bond acceptors (Lipinski definition) is 3. The Morgan fingerprint density at radius 1 is 1.21 bits per heavy atom. The molecule has 8 heteroatoms. The summed E-state index contributed by atoms with van der Waals surface area (Å²) in [5.74, 6) is -0.0850. The van der Waals surface area contributed by atoms with E-state index < -0.39 is 17.6 Å². The van der Waals surface area contributed by atoms with Gasteiger partial charge in [0.1, 0.15) is 5.82 Å². The van der Waals surface area contributed by atoms with Crippen molar-refractivity contribution in [2.45, 2.75) is 26.1 Å². The molecule has 0 saturated heterocycles. The van der Waals surface area contributed by atoms with Gasteiger partial charge in [-0.3, -0.25) is 4.79 Å². The lowest BCUT2D eigenvalue weighted by Crippen LogP contribution is -2.15. The van der Waals surface area contributed by atoms with Crippen molar-refractivity contribution in [3.63, 3.8) is 0 Å². The maximum absolute atomic E-state index is 12.8. The fourth-order valence-electron chi connectivity index (χ4n) is 1.94. The summed E-state index contributed by atoms with van der Waals surface area (Å²) < 4.78 is 38.3. The van der Waals surface area contributed by atoms with Crippen LogP contribution in [-0.4, -0.2) is 16.9 Å². The van der Waals surface area contributed by atoms with Gasteiger partial charge < -0.3 is 10.6 Å². The van der Waals surface area contributed by atoms with Gasteiger partial charge in [-0.1, -0.05) is 11.6 Å². The summed E-state index contributed by atoms with van der Waals surface area (Å²) in [5.41, 5.74) is -0.743. The molecule has 0 saturated carbocycles. The van der Waals surface area contributed by atoms with Gasteiger partial charge in [0.25, 0.3) is 5.91 Å². The maximum atomic E-state index is 12.8. The lowest BCUT2D eigenvalue weighted by Gasteiger charge is -2.13. The second kappa shape index (κ2) is 7.09. The van der Waals surface area contributed by atoms with Gasteiger partial charge in [0.05, 0.1) is 16.3 Å². The molecule has 2 rings (SSSR count). The molecule has 0 unspecified atom stereocenters. The van der Waals surface area contributed by atoms with E-state index in [-0.39, 0.29) is 22.3 Å². The summed E-state index contributed by atoms with van der Waals surface area (Å²) in [5, 5.41) is 5.45. The highest BCUT2D eigenvalue weighted by molar-refractivity contribution is 6.34. The minimum atomic E-state index is -4.52. The summed E-state index contributed by atoms with van der Waals surface area (Å²) >= 11 is 5.87. The Balaban J connectivity index is 2.24. The summed E-state index contributed by atoms with van der Waals surface area (Å²) in [7, 11) is 0. The molecule has 0 radical (unpaired) electrons. The molecule has 0 aliphatic carbocycles. The van der Waals surface area contributed by atoms with Gasteiger partial charge in [-0.25, -0.2) is 4.98 Å². The van der Waals surface area contributed by atoms with Crippen LogP contribution in [0.25, 0.3) is 0 Å². The molecule has 0 fully saturated rings. The monoisotopic (exact) mass is 357 g/mol. The molecule has 1 amide bonds. The quantitative estimate of drug-likeness (QED) is 0.824. The van der Waals surface area contributed by atoms with E-state index in [1.54, 1.807) is 0 Å². The first-order valence-corrected chi connectivity index (χ1v) is 7.45. The number of pyridine rings is 1. The van der Waals surface area contributed by atoms with Crippen molar-refractivity contribution < 1.29 is 18.0 Å². The minimum absolute atomic E-state index is 0.0194.